The van der Waals surface area contributed by atoms with Crippen molar-refractivity contribution in [2.45, 2.75) is 58.2 Å². The first-order valence-electron chi connectivity index (χ1n) is 6.37. The minimum atomic E-state index is -0.704. The zero-order chi connectivity index (χ0) is 12.3. The first kappa shape index (κ1) is 14.2. The molecule has 0 saturated heterocycles. The summed E-state index contributed by atoms with van der Waals surface area (Å²) in [6.07, 6.45) is 5.66. The summed E-state index contributed by atoms with van der Waals surface area (Å²) in [6.45, 7) is 10.0. The van der Waals surface area contributed by atoms with Crippen LogP contribution in [0.15, 0.2) is 0 Å². The van der Waals surface area contributed by atoms with Crippen LogP contribution in [0.1, 0.15) is 47.0 Å². The monoisotopic (exact) mass is 245 g/mol. The van der Waals surface area contributed by atoms with Gasteiger partial charge < -0.3 is 5.32 Å². The van der Waals surface area contributed by atoms with Crippen LogP contribution in [-0.4, -0.2) is 28.3 Å². The summed E-state index contributed by atoms with van der Waals surface area (Å²) in [4.78, 5) is 0. The van der Waals surface area contributed by atoms with E-state index in [1.54, 1.807) is 6.26 Å². The van der Waals surface area contributed by atoms with E-state index in [4.69, 9.17) is 0 Å². The second-order valence-corrected chi connectivity index (χ2v) is 8.01. The molecule has 1 N–H and O–H groups in total. The summed E-state index contributed by atoms with van der Waals surface area (Å²) in [7, 11) is -0.704. The molecule has 16 heavy (non-hydrogen) atoms. The highest BCUT2D eigenvalue weighted by Gasteiger charge is 2.32. The normalized spacial score (nSPS) is 33.3. The molecule has 4 unspecified atom stereocenters. The fourth-order valence-electron chi connectivity index (χ4n) is 2.68. The lowest BCUT2D eigenvalue weighted by atomic mass is 9.70. The minimum absolute atomic E-state index is 0.266. The third kappa shape index (κ3) is 4.17. The molecule has 2 nitrogen and oxygen atoms in total. The second-order valence-electron chi connectivity index (χ2n) is 6.21. The largest absolute Gasteiger partial charge is 0.313 e. The van der Waals surface area contributed by atoms with Gasteiger partial charge in [-0.05, 0) is 37.5 Å². The van der Waals surface area contributed by atoms with Crippen LogP contribution < -0.4 is 5.32 Å². The van der Waals surface area contributed by atoms with Gasteiger partial charge in [0.05, 0.1) is 0 Å². The van der Waals surface area contributed by atoms with Gasteiger partial charge in [0.25, 0.3) is 0 Å². The molecule has 0 aliphatic heterocycles. The molecular weight excluding hydrogens is 218 g/mol. The van der Waals surface area contributed by atoms with Crippen molar-refractivity contribution in [3.05, 3.63) is 0 Å². The summed E-state index contributed by atoms with van der Waals surface area (Å²) in [5.41, 5.74) is 0.511. The maximum atomic E-state index is 11.3. The molecule has 0 aromatic heterocycles. The Morgan fingerprint density at radius 3 is 2.62 bits per heavy atom. The van der Waals surface area contributed by atoms with Gasteiger partial charge in [-0.15, -0.1) is 0 Å². The predicted molar refractivity (Wildman–Crippen MR) is 72.1 cm³/mol. The van der Waals surface area contributed by atoms with Gasteiger partial charge in [0.1, 0.15) is 0 Å². The Kier molecular flexibility index (Phi) is 4.99. The Balaban J connectivity index is 2.36. The van der Waals surface area contributed by atoms with Gasteiger partial charge in [-0.1, -0.05) is 20.8 Å². The topological polar surface area (TPSA) is 29.1 Å². The van der Waals surface area contributed by atoms with Crippen molar-refractivity contribution in [1.82, 2.24) is 5.32 Å². The van der Waals surface area contributed by atoms with E-state index in [1.807, 2.05) is 0 Å². The Morgan fingerprint density at radius 2 is 2.12 bits per heavy atom. The standard InChI is InChI=1S/C13H27NOS/c1-10-8-13(3,4)7-6-12(10)14-9-11(2)16(5)15/h10-12,14H,6-9H2,1-5H3. The minimum Gasteiger partial charge on any atom is -0.313 e. The summed E-state index contributed by atoms with van der Waals surface area (Å²) in [6, 6.07) is 0.624. The SMILES string of the molecule is CC1CC(C)(C)CCC1NCC(C)S(C)=O. The number of nitrogens with one attached hydrogen (secondary N) is 1. The van der Waals surface area contributed by atoms with Crippen LogP contribution in [0, 0.1) is 11.3 Å². The van der Waals surface area contributed by atoms with E-state index in [0.717, 1.165) is 12.5 Å². The zero-order valence-electron chi connectivity index (χ0n) is 11.4. The fraction of sp³-hybridized carbons (Fsp3) is 1.00. The Hall–Kier alpha value is 0.110. The highest BCUT2D eigenvalue weighted by molar-refractivity contribution is 7.84. The van der Waals surface area contributed by atoms with E-state index in [-0.39, 0.29) is 5.25 Å². The first-order chi connectivity index (χ1) is 7.32. The second kappa shape index (κ2) is 5.63. The van der Waals surface area contributed by atoms with Gasteiger partial charge in [-0.3, -0.25) is 4.21 Å². The maximum Gasteiger partial charge on any atom is 0.0441 e. The van der Waals surface area contributed by atoms with Crippen LogP contribution in [-0.2, 0) is 10.8 Å². The molecule has 0 aromatic rings. The smallest absolute Gasteiger partial charge is 0.0441 e. The molecule has 96 valence electrons. The molecule has 0 heterocycles. The fourth-order valence-corrected chi connectivity index (χ4v) is 3.02. The van der Waals surface area contributed by atoms with Gasteiger partial charge >= 0.3 is 0 Å². The van der Waals surface area contributed by atoms with Crippen molar-refractivity contribution in [1.29, 1.82) is 0 Å². The molecule has 3 heteroatoms. The van der Waals surface area contributed by atoms with Crippen molar-refractivity contribution in [2.24, 2.45) is 11.3 Å². The highest BCUT2D eigenvalue weighted by Crippen LogP contribution is 2.38. The van der Waals surface area contributed by atoms with Crippen LogP contribution in [0.4, 0.5) is 0 Å². The molecule has 0 bridgehead atoms. The molecule has 1 aliphatic carbocycles. The van der Waals surface area contributed by atoms with Gasteiger partial charge in [-0.2, -0.15) is 0 Å². The molecular formula is C13H27NOS. The van der Waals surface area contributed by atoms with E-state index in [1.165, 1.54) is 19.3 Å². The number of hydrogen-bond acceptors (Lipinski definition) is 2. The van der Waals surface area contributed by atoms with E-state index in [0.29, 0.717) is 11.5 Å². The maximum absolute atomic E-state index is 11.3. The van der Waals surface area contributed by atoms with E-state index >= 15 is 0 Å². The van der Waals surface area contributed by atoms with Crippen molar-refractivity contribution in [3.8, 4) is 0 Å². The first-order valence-corrected chi connectivity index (χ1v) is 7.99. The summed E-state index contributed by atoms with van der Waals surface area (Å²) in [5.74, 6) is 0.737. The predicted octanol–water partition coefficient (Wildman–Crippen LogP) is 2.56. The van der Waals surface area contributed by atoms with Crippen LogP contribution in [0.3, 0.4) is 0 Å². The lowest BCUT2D eigenvalue weighted by Gasteiger charge is -2.40. The Bertz CT molecular complexity index is 252. The highest BCUT2D eigenvalue weighted by atomic mass is 32.2. The lowest BCUT2D eigenvalue weighted by molar-refractivity contribution is 0.149. The average Bonchev–Trinajstić information content (AvgIpc) is 2.14. The Labute approximate surface area is 103 Å². The molecule has 1 rings (SSSR count). The van der Waals surface area contributed by atoms with Gasteiger partial charge in [0.2, 0.25) is 0 Å². The van der Waals surface area contributed by atoms with Gasteiger partial charge in [-0.25, -0.2) is 0 Å². The molecule has 1 saturated carbocycles. The van der Waals surface area contributed by atoms with Crippen molar-refractivity contribution >= 4 is 10.8 Å². The van der Waals surface area contributed by atoms with Gasteiger partial charge in [0.15, 0.2) is 0 Å². The zero-order valence-corrected chi connectivity index (χ0v) is 12.2. The Morgan fingerprint density at radius 1 is 1.50 bits per heavy atom. The number of hydrogen-bond donors (Lipinski definition) is 1. The van der Waals surface area contributed by atoms with Crippen molar-refractivity contribution in [2.75, 3.05) is 12.8 Å². The molecule has 0 aromatic carbocycles. The quantitative estimate of drug-likeness (QED) is 0.825. The molecule has 4 atom stereocenters. The van der Waals surface area contributed by atoms with E-state index < -0.39 is 10.8 Å². The van der Waals surface area contributed by atoms with Crippen molar-refractivity contribution in [3.63, 3.8) is 0 Å². The number of rotatable bonds is 4. The van der Waals surface area contributed by atoms with Crippen LogP contribution >= 0.6 is 0 Å². The molecule has 1 aliphatic rings. The molecule has 0 amide bonds. The van der Waals surface area contributed by atoms with Gasteiger partial charge in [0, 0.05) is 34.9 Å². The van der Waals surface area contributed by atoms with Crippen molar-refractivity contribution < 1.29 is 4.21 Å². The van der Waals surface area contributed by atoms with Crippen LogP contribution in [0.5, 0.6) is 0 Å². The third-order valence-corrected chi connectivity index (χ3v) is 5.23. The van der Waals surface area contributed by atoms with Crippen LogP contribution in [0.2, 0.25) is 0 Å². The molecule has 1 fully saturated rings. The van der Waals surface area contributed by atoms with E-state index in [2.05, 4.69) is 33.0 Å². The lowest BCUT2D eigenvalue weighted by Crippen LogP contribution is -2.44. The summed E-state index contributed by atoms with van der Waals surface area (Å²) >= 11 is 0. The molecule has 0 radical (unpaired) electrons. The third-order valence-electron chi connectivity index (χ3n) is 3.93. The average molecular weight is 245 g/mol. The van der Waals surface area contributed by atoms with E-state index in [9.17, 15) is 4.21 Å². The van der Waals surface area contributed by atoms with Crippen LogP contribution in [0.25, 0.3) is 0 Å². The summed E-state index contributed by atoms with van der Waals surface area (Å²) < 4.78 is 11.3. The summed E-state index contributed by atoms with van der Waals surface area (Å²) in [5, 5.41) is 3.86. The molecule has 0 spiro atoms.